The Hall–Kier alpha value is -3.12. The van der Waals surface area contributed by atoms with Crippen LogP contribution in [0.4, 0.5) is 4.39 Å². The summed E-state index contributed by atoms with van der Waals surface area (Å²) >= 11 is 0. The van der Waals surface area contributed by atoms with Crippen molar-refractivity contribution in [1.82, 2.24) is 14.9 Å². The number of nitrogens with zero attached hydrogens (tertiary/aromatic N) is 3. The minimum atomic E-state index is -0.333. The monoisotopic (exact) mass is 419 g/mol. The molecule has 0 radical (unpaired) electrons. The maximum atomic E-state index is 14.0. The van der Waals surface area contributed by atoms with E-state index in [1.165, 1.54) is 12.4 Å². The minimum absolute atomic E-state index is 0.0438. The number of hydrogen-bond donors (Lipinski definition) is 0. The molecule has 0 N–H and O–H groups in total. The van der Waals surface area contributed by atoms with E-state index in [2.05, 4.69) is 22.1 Å². The molecular weight excluding hydrogens is 393 g/mol. The van der Waals surface area contributed by atoms with Gasteiger partial charge in [-0.05, 0) is 42.5 Å². The van der Waals surface area contributed by atoms with Crippen molar-refractivity contribution in [2.24, 2.45) is 0 Å². The van der Waals surface area contributed by atoms with Crippen molar-refractivity contribution in [3.8, 4) is 11.1 Å². The molecule has 1 fully saturated rings. The summed E-state index contributed by atoms with van der Waals surface area (Å²) in [7, 11) is 0. The Kier molecular flexibility index (Phi) is 6.67. The predicted octanol–water partition coefficient (Wildman–Crippen LogP) is 4.59. The van der Waals surface area contributed by atoms with Crippen molar-refractivity contribution in [3.63, 3.8) is 0 Å². The fourth-order valence-electron chi connectivity index (χ4n) is 4.18. The molecule has 2 heterocycles. The van der Waals surface area contributed by atoms with Crippen LogP contribution in [0.2, 0.25) is 0 Å². The molecule has 3 aromatic rings. The SMILES string of the molecule is CCN(C(=O)Cc1ccccc1F)[C@H]1CCO[C@@H](c2ccc(-c3cncnc3)cc2)C1. The number of likely N-dealkylation sites (N-methyl/N-ethyl adjacent to an activating group) is 1. The summed E-state index contributed by atoms with van der Waals surface area (Å²) in [6.45, 7) is 3.16. The molecule has 2 aromatic carbocycles. The Balaban J connectivity index is 1.44. The van der Waals surface area contributed by atoms with Crippen LogP contribution in [0.25, 0.3) is 11.1 Å². The van der Waals surface area contributed by atoms with Gasteiger partial charge < -0.3 is 9.64 Å². The van der Waals surface area contributed by atoms with Crippen molar-refractivity contribution in [2.75, 3.05) is 13.2 Å². The second kappa shape index (κ2) is 9.79. The van der Waals surface area contributed by atoms with Crippen LogP contribution in [0.15, 0.2) is 67.3 Å². The highest BCUT2D eigenvalue weighted by atomic mass is 19.1. The summed E-state index contributed by atoms with van der Waals surface area (Å²) < 4.78 is 20.0. The van der Waals surface area contributed by atoms with Gasteiger partial charge in [0.25, 0.3) is 0 Å². The third-order valence-electron chi connectivity index (χ3n) is 5.83. The van der Waals surface area contributed by atoms with Gasteiger partial charge in [0.2, 0.25) is 5.91 Å². The van der Waals surface area contributed by atoms with Gasteiger partial charge >= 0.3 is 0 Å². The van der Waals surface area contributed by atoms with E-state index >= 15 is 0 Å². The topological polar surface area (TPSA) is 55.3 Å². The molecule has 0 spiro atoms. The molecule has 5 nitrogen and oxygen atoms in total. The Labute approximate surface area is 181 Å². The minimum Gasteiger partial charge on any atom is -0.373 e. The summed E-state index contributed by atoms with van der Waals surface area (Å²) in [5.74, 6) is -0.377. The molecule has 0 saturated carbocycles. The summed E-state index contributed by atoms with van der Waals surface area (Å²) in [6.07, 6.45) is 6.61. The first-order valence-electron chi connectivity index (χ1n) is 10.7. The zero-order valence-corrected chi connectivity index (χ0v) is 17.6. The molecule has 2 atom stereocenters. The van der Waals surface area contributed by atoms with Gasteiger partial charge in [0.05, 0.1) is 12.5 Å². The van der Waals surface area contributed by atoms with E-state index in [9.17, 15) is 9.18 Å². The largest absolute Gasteiger partial charge is 0.373 e. The van der Waals surface area contributed by atoms with E-state index < -0.39 is 0 Å². The van der Waals surface area contributed by atoms with Gasteiger partial charge in [-0.1, -0.05) is 42.5 Å². The normalized spacial score (nSPS) is 18.5. The summed E-state index contributed by atoms with van der Waals surface area (Å²) in [5, 5.41) is 0. The average molecular weight is 420 g/mol. The Morgan fingerprint density at radius 1 is 1.10 bits per heavy atom. The van der Waals surface area contributed by atoms with Gasteiger partial charge in [0, 0.05) is 37.2 Å². The smallest absolute Gasteiger partial charge is 0.227 e. The van der Waals surface area contributed by atoms with Crippen LogP contribution in [-0.4, -0.2) is 40.0 Å². The molecule has 1 amide bonds. The Morgan fingerprint density at radius 2 is 1.84 bits per heavy atom. The number of halogens is 1. The van der Waals surface area contributed by atoms with Crippen molar-refractivity contribution in [3.05, 3.63) is 84.2 Å². The predicted molar refractivity (Wildman–Crippen MR) is 117 cm³/mol. The maximum absolute atomic E-state index is 14.0. The van der Waals surface area contributed by atoms with Gasteiger partial charge in [-0.25, -0.2) is 14.4 Å². The number of rotatable bonds is 6. The highest BCUT2D eigenvalue weighted by Gasteiger charge is 2.30. The van der Waals surface area contributed by atoms with Crippen molar-refractivity contribution in [2.45, 2.75) is 38.3 Å². The third kappa shape index (κ3) is 4.97. The number of amides is 1. The number of hydrogen-bond acceptors (Lipinski definition) is 4. The molecule has 160 valence electrons. The highest BCUT2D eigenvalue weighted by molar-refractivity contribution is 5.79. The molecule has 0 aliphatic carbocycles. The first-order valence-corrected chi connectivity index (χ1v) is 10.7. The summed E-state index contributed by atoms with van der Waals surface area (Å²) in [5.41, 5.74) is 3.54. The second-order valence-corrected chi connectivity index (χ2v) is 7.73. The van der Waals surface area contributed by atoms with Crippen LogP contribution in [0, 0.1) is 5.82 Å². The Bertz CT molecular complexity index is 1010. The fraction of sp³-hybridized carbons (Fsp3) is 0.320. The molecule has 6 heteroatoms. The quantitative estimate of drug-likeness (QED) is 0.586. The lowest BCUT2D eigenvalue weighted by Crippen LogP contribution is -2.44. The van der Waals surface area contributed by atoms with Crippen LogP contribution in [0.5, 0.6) is 0 Å². The zero-order valence-electron chi connectivity index (χ0n) is 17.6. The maximum Gasteiger partial charge on any atom is 0.227 e. The van der Waals surface area contributed by atoms with Crippen LogP contribution in [-0.2, 0) is 16.0 Å². The molecule has 1 saturated heterocycles. The van der Waals surface area contributed by atoms with Gasteiger partial charge in [-0.2, -0.15) is 0 Å². The number of benzene rings is 2. The van der Waals surface area contributed by atoms with Gasteiger partial charge in [0.15, 0.2) is 0 Å². The van der Waals surface area contributed by atoms with Gasteiger partial charge in [-0.15, -0.1) is 0 Å². The van der Waals surface area contributed by atoms with Gasteiger partial charge in [-0.3, -0.25) is 4.79 Å². The Morgan fingerprint density at radius 3 is 2.55 bits per heavy atom. The van der Waals surface area contributed by atoms with Crippen LogP contribution in [0.3, 0.4) is 0 Å². The molecule has 1 aliphatic heterocycles. The molecule has 1 aromatic heterocycles. The summed E-state index contributed by atoms with van der Waals surface area (Å²) in [4.78, 5) is 23.0. The number of carbonyl (C=O) groups excluding carboxylic acids is 1. The third-order valence-corrected chi connectivity index (χ3v) is 5.83. The van der Waals surface area contributed by atoms with E-state index in [0.717, 1.165) is 29.5 Å². The lowest BCUT2D eigenvalue weighted by atomic mass is 9.94. The fourth-order valence-corrected chi connectivity index (χ4v) is 4.18. The first-order chi connectivity index (χ1) is 15.2. The molecule has 1 aliphatic rings. The first kappa shape index (κ1) is 21.1. The van der Waals surface area contributed by atoms with E-state index in [1.54, 1.807) is 30.6 Å². The molecule has 0 bridgehead atoms. The average Bonchev–Trinajstić information content (AvgIpc) is 2.82. The molecule has 31 heavy (non-hydrogen) atoms. The number of carbonyl (C=O) groups is 1. The molecule has 4 rings (SSSR count). The zero-order chi connectivity index (χ0) is 21.6. The van der Waals surface area contributed by atoms with Crippen molar-refractivity contribution >= 4 is 5.91 Å². The lowest BCUT2D eigenvalue weighted by Gasteiger charge is -2.37. The highest BCUT2D eigenvalue weighted by Crippen LogP contribution is 2.32. The van der Waals surface area contributed by atoms with Gasteiger partial charge in [0.1, 0.15) is 12.1 Å². The number of ether oxygens (including phenoxy) is 1. The second-order valence-electron chi connectivity index (χ2n) is 7.73. The molecule has 0 unspecified atom stereocenters. The molecular formula is C25H26FN3O2. The lowest BCUT2D eigenvalue weighted by molar-refractivity contribution is -0.136. The van der Waals surface area contributed by atoms with E-state index in [0.29, 0.717) is 18.7 Å². The van der Waals surface area contributed by atoms with E-state index in [-0.39, 0.29) is 30.3 Å². The van der Waals surface area contributed by atoms with Crippen molar-refractivity contribution < 1.29 is 13.9 Å². The van der Waals surface area contributed by atoms with E-state index in [4.69, 9.17) is 4.74 Å². The van der Waals surface area contributed by atoms with Crippen LogP contribution >= 0.6 is 0 Å². The standard InChI is InChI=1S/C25H26FN3O2/c1-2-29(25(30)13-20-5-3-4-6-23(20)26)22-11-12-31-24(14-22)19-9-7-18(8-10-19)21-15-27-17-28-16-21/h3-10,15-17,22,24H,2,11-14H2,1H3/t22-,24+/m0/s1. The van der Waals surface area contributed by atoms with Crippen LogP contribution in [0.1, 0.15) is 37.0 Å². The van der Waals surface area contributed by atoms with Crippen LogP contribution < -0.4 is 0 Å². The van der Waals surface area contributed by atoms with Crippen molar-refractivity contribution in [1.29, 1.82) is 0 Å². The number of aromatic nitrogens is 2. The van der Waals surface area contributed by atoms with E-state index in [1.807, 2.05) is 24.0 Å². The summed E-state index contributed by atoms with van der Waals surface area (Å²) in [6, 6.07) is 14.8.